The Balaban J connectivity index is 1.44. The Morgan fingerprint density at radius 2 is 1.72 bits per heavy atom. The van der Waals surface area contributed by atoms with Gasteiger partial charge in [0, 0.05) is 31.6 Å². The molecule has 1 saturated carbocycles. The second kappa shape index (κ2) is 12.3. The summed E-state index contributed by atoms with van der Waals surface area (Å²) in [4.78, 5) is 18.7. The average Bonchev–Trinajstić information content (AvgIpc) is 3.72. The quantitative estimate of drug-likeness (QED) is 0.166. The summed E-state index contributed by atoms with van der Waals surface area (Å²) in [5.74, 6) is 1.45. The van der Waals surface area contributed by atoms with E-state index in [1.165, 1.54) is 12.8 Å². The number of aliphatic imine (C=N–C) groups is 1. The zero-order valence-corrected chi connectivity index (χ0v) is 22.0. The molecule has 202 valence electrons. The monoisotopic (exact) mass is 525 g/mol. The molecule has 0 spiro atoms. The van der Waals surface area contributed by atoms with Gasteiger partial charge >= 0.3 is 0 Å². The number of benzene rings is 3. The third-order valence-corrected chi connectivity index (χ3v) is 7.10. The molecule has 1 aliphatic heterocycles. The lowest BCUT2D eigenvalue weighted by Gasteiger charge is -2.29. The van der Waals surface area contributed by atoms with E-state index in [1.54, 1.807) is 6.08 Å². The maximum atomic E-state index is 13.8. The molecule has 0 radical (unpaired) electrons. The molecule has 39 heavy (non-hydrogen) atoms. The Bertz CT molecular complexity index is 1290. The lowest BCUT2D eigenvalue weighted by Crippen LogP contribution is -2.52. The zero-order valence-electron chi connectivity index (χ0n) is 22.0. The lowest BCUT2D eigenvalue weighted by atomic mass is 9.84. The molecular weight excluding hydrogens is 490 g/mol. The first-order valence-electron chi connectivity index (χ1n) is 13.5. The Morgan fingerprint density at radius 3 is 2.38 bits per heavy atom. The number of hydrogen-bond acceptors (Lipinski definition) is 6. The topological polar surface area (TPSA) is 92.2 Å². The number of nitrogens with one attached hydrogen (secondary N) is 2. The van der Waals surface area contributed by atoms with Crippen molar-refractivity contribution in [2.75, 3.05) is 19.8 Å². The van der Waals surface area contributed by atoms with Crippen molar-refractivity contribution in [2.45, 2.75) is 37.3 Å². The van der Waals surface area contributed by atoms with Crippen molar-refractivity contribution in [1.82, 2.24) is 10.9 Å². The normalized spacial score (nSPS) is 20.1. The van der Waals surface area contributed by atoms with E-state index >= 15 is 0 Å². The molecule has 1 heterocycles. The molecule has 5 rings (SSSR count). The van der Waals surface area contributed by atoms with Crippen LogP contribution < -0.4 is 15.6 Å². The predicted molar refractivity (Wildman–Crippen MR) is 152 cm³/mol. The minimum absolute atomic E-state index is 0.0827. The fraction of sp³-hybridized carbons (Fsp3) is 0.312. The van der Waals surface area contributed by atoms with Crippen molar-refractivity contribution in [2.24, 2.45) is 10.9 Å². The van der Waals surface area contributed by atoms with E-state index in [0.717, 1.165) is 28.8 Å². The number of aliphatic hydroxyl groups is 1. The number of carbonyl (C=O) groups is 1. The summed E-state index contributed by atoms with van der Waals surface area (Å²) in [6, 6.07) is 25.7. The van der Waals surface area contributed by atoms with Gasteiger partial charge in [0.1, 0.15) is 5.75 Å². The number of hydrazine groups is 1. The summed E-state index contributed by atoms with van der Waals surface area (Å²) in [7, 11) is 0. The largest absolute Gasteiger partial charge is 0.494 e. The number of amides is 1. The van der Waals surface area contributed by atoms with Gasteiger partial charge in [-0.05, 0) is 59.7 Å². The average molecular weight is 526 g/mol. The van der Waals surface area contributed by atoms with Gasteiger partial charge in [-0.3, -0.25) is 10.2 Å². The number of carbonyl (C=O) groups excluding carboxylic acids is 1. The molecule has 2 aliphatic rings. The minimum atomic E-state index is -1.22. The van der Waals surface area contributed by atoms with Gasteiger partial charge < -0.3 is 14.6 Å². The number of nitrogens with zero attached hydrogens (tertiary/aromatic N) is 1. The van der Waals surface area contributed by atoms with E-state index in [0.29, 0.717) is 37.0 Å². The van der Waals surface area contributed by atoms with Crippen LogP contribution in [0.25, 0.3) is 11.1 Å². The van der Waals surface area contributed by atoms with Crippen LogP contribution in [0.1, 0.15) is 42.9 Å². The van der Waals surface area contributed by atoms with Gasteiger partial charge in [-0.15, -0.1) is 6.58 Å². The van der Waals surface area contributed by atoms with Crippen LogP contribution in [0, 0.1) is 5.92 Å². The molecule has 2 atom stereocenters. The van der Waals surface area contributed by atoms with E-state index in [4.69, 9.17) is 19.6 Å². The maximum Gasteiger partial charge on any atom is 0.266 e. The number of ether oxygens (including phenoxy) is 2. The van der Waals surface area contributed by atoms with Gasteiger partial charge in [0.2, 0.25) is 5.90 Å². The molecule has 3 aromatic rings. The lowest BCUT2D eigenvalue weighted by molar-refractivity contribution is -0.129. The fourth-order valence-corrected chi connectivity index (χ4v) is 4.72. The van der Waals surface area contributed by atoms with Gasteiger partial charge in [-0.25, -0.2) is 10.4 Å². The second-order valence-electron chi connectivity index (χ2n) is 10.0. The van der Waals surface area contributed by atoms with E-state index < -0.39 is 11.6 Å². The first-order chi connectivity index (χ1) is 19.1. The highest BCUT2D eigenvalue weighted by Gasteiger charge is 2.52. The smallest absolute Gasteiger partial charge is 0.266 e. The van der Waals surface area contributed by atoms with E-state index in [1.807, 2.05) is 66.7 Å². The minimum Gasteiger partial charge on any atom is -0.494 e. The van der Waals surface area contributed by atoms with Gasteiger partial charge in [-0.1, -0.05) is 60.7 Å². The van der Waals surface area contributed by atoms with Crippen molar-refractivity contribution in [3.05, 3.63) is 103 Å². The molecular formula is C32H35N3O4. The molecule has 1 amide bonds. The van der Waals surface area contributed by atoms with Crippen molar-refractivity contribution < 1.29 is 19.4 Å². The maximum absolute atomic E-state index is 13.8. The molecule has 1 aliphatic carbocycles. The van der Waals surface area contributed by atoms with Crippen molar-refractivity contribution in [1.29, 1.82) is 0 Å². The highest BCUT2D eigenvalue weighted by Crippen LogP contribution is 2.43. The van der Waals surface area contributed by atoms with E-state index in [-0.39, 0.29) is 12.5 Å². The SMILES string of the molecule is C=CC[C@]1(C(=O)NNCC2CC2)N=C(c2ccc(OCCCO)cc2)O[C@H]1c1ccc(-c2ccccc2)cc1. The van der Waals surface area contributed by atoms with Crippen molar-refractivity contribution >= 4 is 11.8 Å². The first kappa shape index (κ1) is 26.7. The molecule has 3 aromatic carbocycles. The standard InChI is InChI=1S/C32H35N3O4/c1-2-19-32(31(37)35-33-22-23-9-10-23)29(26-13-11-25(12-14-26)24-7-4-3-5-8-24)39-30(34-32)27-15-17-28(18-16-27)38-21-6-20-36/h2-5,7-8,11-18,23,29,33,36H,1,6,9-10,19-22H2,(H,35,37)/t29-,32-/m0/s1. The molecule has 3 N–H and O–H groups in total. The molecule has 0 unspecified atom stereocenters. The molecule has 1 fully saturated rings. The van der Waals surface area contributed by atoms with Crippen LogP contribution in [0.4, 0.5) is 0 Å². The van der Waals surface area contributed by atoms with Crippen LogP contribution in [0.5, 0.6) is 5.75 Å². The van der Waals surface area contributed by atoms with Crippen molar-refractivity contribution in [3.8, 4) is 16.9 Å². The Labute approximate surface area is 229 Å². The summed E-state index contributed by atoms with van der Waals surface area (Å²) in [5.41, 5.74) is 8.59. The van der Waals surface area contributed by atoms with Gasteiger partial charge in [-0.2, -0.15) is 0 Å². The van der Waals surface area contributed by atoms with Crippen LogP contribution in [0.2, 0.25) is 0 Å². The first-order valence-corrected chi connectivity index (χ1v) is 13.5. The van der Waals surface area contributed by atoms with Gasteiger partial charge in [0.05, 0.1) is 6.61 Å². The summed E-state index contributed by atoms with van der Waals surface area (Å²) >= 11 is 0. The highest BCUT2D eigenvalue weighted by atomic mass is 16.5. The Hall–Kier alpha value is -3.94. The van der Waals surface area contributed by atoms with E-state index in [2.05, 4.69) is 29.6 Å². The fourth-order valence-electron chi connectivity index (χ4n) is 4.72. The predicted octanol–water partition coefficient (Wildman–Crippen LogP) is 4.98. The van der Waals surface area contributed by atoms with Crippen LogP contribution in [0.15, 0.2) is 96.5 Å². The molecule has 0 aromatic heterocycles. The number of hydrogen-bond donors (Lipinski definition) is 3. The van der Waals surface area contributed by atoms with Crippen molar-refractivity contribution in [3.63, 3.8) is 0 Å². The van der Waals surface area contributed by atoms with Crippen LogP contribution >= 0.6 is 0 Å². The van der Waals surface area contributed by atoms with Crippen LogP contribution in [-0.2, 0) is 9.53 Å². The molecule has 0 saturated heterocycles. The third-order valence-electron chi connectivity index (χ3n) is 7.10. The zero-order chi connectivity index (χ0) is 27.1. The highest BCUT2D eigenvalue weighted by molar-refractivity contribution is 6.01. The number of aliphatic hydroxyl groups excluding tert-OH is 1. The van der Waals surface area contributed by atoms with Gasteiger partial charge in [0.15, 0.2) is 11.6 Å². The van der Waals surface area contributed by atoms with E-state index in [9.17, 15) is 4.79 Å². The second-order valence-corrected chi connectivity index (χ2v) is 10.0. The Kier molecular flexibility index (Phi) is 8.39. The number of rotatable bonds is 13. The summed E-state index contributed by atoms with van der Waals surface area (Å²) in [6.07, 6.45) is 4.32. The van der Waals surface area contributed by atoms with Gasteiger partial charge in [0.25, 0.3) is 5.91 Å². The molecule has 7 heteroatoms. The third kappa shape index (κ3) is 6.21. The van der Waals surface area contributed by atoms with Crippen LogP contribution in [0.3, 0.4) is 0 Å². The summed E-state index contributed by atoms with van der Waals surface area (Å²) < 4.78 is 12.1. The summed E-state index contributed by atoms with van der Waals surface area (Å²) in [5, 5.41) is 8.99. The molecule has 7 nitrogen and oxygen atoms in total. The van der Waals surface area contributed by atoms with Crippen LogP contribution in [-0.4, -0.2) is 42.2 Å². The Morgan fingerprint density at radius 1 is 1.03 bits per heavy atom. The molecule has 0 bridgehead atoms. The summed E-state index contributed by atoms with van der Waals surface area (Å²) in [6.45, 7) is 5.19.